The highest BCUT2D eigenvalue weighted by Crippen LogP contribution is 2.21. The number of aryl methyl sites for hydroxylation is 1. The third-order valence-electron chi connectivity index (χ3n) is 2.47. The molecular weight excluding hydrogens is 186 g/mol. The molecule has 2 aromatic heterocycles. The first-order valence-electron chi connectivity index (χ1n) is 4.82. The van der Waals surface area contributed by atoms with Gasteiger partial charge in [0.2, 0.25) is 0 Å². The van der Waals surface area contributed by atoms with Gasteiger partial charge in [-0.1, -0.05) is 12.1 Å². The van der Waals surface area contributed by atoms with Crippen molar-refractivity contribution in [1.82, 2.24) is 14.8 Å². The lowest BCUT2D eigenvalue weighted by atomic mass is 10.1. The average Bonchev–Trinajstić information content (AvgIpc) is 2.84. The maximum atomic E-state index is 4.32. The van der Waals surface area contributed by atoms with Gasteiger partial charge in [-0.3, -0.25) is 4.68 Å². The number of benzene rings is 1. The zero-order chi connectivity index (χ0) is 10.3. The van der Waals surface area contributed by atoms with Gasteiger partial charge in [0.25, 0.3) is 0 Å². The lowest BCUT2D eigenvalue weighted by Crippen LogP contribution is -1.87. The molecule has 0 spiro atoms. The number of nitrogens with zero attached hydrogens (tertiary/aromatic N) is 2. The molecule has 3 aromatic rings. The second-order valence-corrected chi connectivity index (χ2v) is 3.58. The highest BCUT2D eigenvalue weighted by Gasteiger charge is 2.02. The van der Waals surface area contributed by atoms with E-state index in [0.29, 0.717) is 0 Å². The Balaban J connectivity index is 2.18. The molecule has 0 saturated carbocycles. The number of nitrogens with one attached hydrogen (secondary N) is 1. The summed E-state index contributed by atoms with van der Waals surface area (Å²) in [5.74, 6) is 0. The molecule has 3 rings (SSSR count). The number of H-pyrrole nitrogens is 1. The number of hydrogen-bond donors (Lipinski definition) is 1. The molecule has 0 saturated heterocycles. The summed E-state index contributed by atoms with van der Waals surface area (Å²) >= 11 is 0. The molecule has 0 fully saturated rings. The standard InChI is InChI=1S/C12H10N3/c1-15-7-5-11(14-15)10-3-2-9-4-6-13-12(9)8-10/h2-4,6-8,13H,1H3. The van der Waals surface area contributed by atoms with Gasteiger partial charge in [-0.15, -0.1) is 0 Å². The van der Waals surface area contributed by atoms with Crippen LogP contribution in [-0.4, -0.2) is 14.8 Å². The normalized spacial score (nSPS) is 11.0. The Morgan fingerprint density at radius 2 is 2.27 bits per heavy atom. The molecule has 0 unspecified atom stereocenters. The SMILES string of the molecule is Cn1c[c]c(-c2ccc3cc[nH]c3c2)n1. The largest absolute Gasteiger partial charge is 0.361 e. The maximum absolute atomic E-state index is 4.32. The van der Waals surface area contributed by atoms with Crippen LogP contribution in [0.15, 0.2) is 36.7 Å². The van der Waals surface area contributed by atoms with E-state index in [4.69, 9.17) is 0 Å². The van der Waals surface area contributed by atoms with Gasteiger partial charge >= 0.3 is 0 Å². The van der Waals surface area contributed by atoms with Gasteiger partial charge in [0.05, 0.1) is 0 Å². The summed E-state index contributed by atoms with van der Waals surface area (Å²) in [4.78, 5) is 3.19. The van der Waals surface area contributed by atoms with Crippen molar-refractivity contribution in [2.75, 3.05) is 0 Å². The van der Waals surface area contributed by atoms with Crippen LogP contribution >= 0.6 is 0 Å². The van der Waals surface area contributed by atoms with Gasteiger partial charge in [-0.05, 0) is 17.5 Å². The lowest BCUT2D eigenvalue weighted by molar-refractivity contribution is 0.771. The van der Waals surface area contributed by atoms with Crippen molar-refractivity contribution in [2.24, 2.45) is 7.05 Å². The zero-order valence-corrected chi connectivity index (χ0v) is 8.36. The first kappa shape index (κ1) is 8.29. The minimum absolute atomic E-state index is 0.883. The van der Waals surface area contributed by atoms with Crippen LogP contribution in [0.25, 0.3) is 22.2 Å². The van der Waals surface area contributed by atoms with Crippen LogP contribution in [-0.2, 0) is 7.05 Å². The van der Waals surface area contributed by atoms with E-state index in [-0.39, 0.29) is 0 Å². The van der Waals surface area contributed by atoms with Gasteiger partial charge in [-0.2, -0.15) is 5.10 Å². The van der Waals surface area contributed by atoms with Crippen molar-refractivity contribution in [3.8, 4) is 11.3 Å². The Kier molecular flexibility index (Phi) is 1.65. The quantitative estimate of drug-likeness (QED) is 0.637. The first-order valence-corrected chi connectivity index (χ1v) is 4.82. The molecule has 0 aliphatic carbocycles. The number of rotatable bonds is 1. The van der Waals surface area contributed by atoms with Gasteiger partial charge in [0, 0.05) is 36.6 Å². The fourth-order valence-corrected chi connectivity index (χ4v) is 1.71. The minimum Gasteiger partial charge on any atom is -0.361 e. The Bertz CT molecular complexity index is 604. The van der Waals surface area contributed by atoms with Crippen molar-refractivity contribution < 1.29 is 0 Å². The summed E-state index contributed by atoms with van der Waals surface area (Å²) in [6.07, 6.45) is 3.77. The number of aromatic nitrogens is 3. The Labute approximate surface area is 87.4 Å². The molecule has 0 amide bonds. The molecule has 2 heterocycles. The van der Waals surface area contributed by atoms with Crippen LogP contribution in [0.1, 0.15) is 0 Å². The van der Waals surface area contributed by atoms with E-state index in [9.17, 15) is 0 Å². The molecule has 0 aliphatic heterocycles. The Morgan fingerprint density at radius 3 is 3.07 bits per heavy atom. The predicted molar refractivity (Wildman–Crippen MR) is 59.3 cm³/mol. The second-order valence-electron chi connectivity index (χ2n) is 3.58. The Hall–Kier alpha value is -2.03. The lowest BCUT2D eigenvalue weighted by Gasteiger charge is -1.96. The van der Waals surface area contributed by atoms with Gasteiger partial charge in [0.15, 0.2) is 0 Å². The predicted octanol–water partition coefficient (Wildman–Crippen LogP) is 2.37. The molecule has 0 bridgehead atoms. The zero-order valence-electron chi connectivity index (χ0n) is 8.36. The summed E-state index contributed by atoms with van der Waals surface area (Å²) in [6, 6.07) is 11.4. The van der Waals surface area contributed by atoms with Gasteiger partial charge < -0.3 is 4.98 Å². The summed E-state index contributed by atoms with van der Waals surface area (Å²) in [5, 5.41) is 5.54. The summed E-state index contributed by atoms with van der Waals surface area (Å²) in [6.45, 7) is 0. The molecule has 1 radical (unpaired) electrons. The van der Waals surface area contributed by atoms with Crippen LogP contribution in [0.4, 0.5) is 0 Å². The summed E-state index contributed by atoms with van der Waals surface area (Å²) in [7, 11) is 1.90. The maximum Gasteiger partial charge on any atom is 0.100 e. The van der Waals surface area contributed by atoms with E-state index in [1.54, 1.807) is 4.68 Å². The van der Waals surface area contributed by atoms with E-state index >= 15 is 0 Å². The second kappa shape index (κ2) is 2.98. The first-order chi connectivity index (χ1) is 7.33. The molecule has 1 N–H and O–H groups in total. The fourth-order valence-electron chi connectivity index (χ4n) is 1.71. The fraction of sp³-hybridized carbons (Fsp3) is 0.0833. The molecule has 3 nitrogen and oxygen atoms in total. The molecule has 1 aromatic carbocycles. The van der Waals surface area contributed by atoms with Crippen LogP contribution in [0.3, 0.4) is 0 Å². The highest BCUT2D eigenvalue weighted by molar-refractivity contribution is 5.83. The molecule has 0 atom stereocenters. The van der Waals surface area contributed by atoms with Crippen molar-refractivity contribution in [3.05, 3.63) is 42.7 Å². The van der Waals surface area contributed by atoms with E-state index in [1.807, 2.05) is 19.4 Å². The molecule has 15 heavy (non-hydrogen) atoms. The van der Waals surface area contributed by atoms with Crippen LogP contribution in [0.5, 0.6) is 0 Å². The Morgan fingerprint density at radius 1 is 1.33 bits per heavy atom. The van der Waals surface area contributed by atoms with Gasteiger partial charge in [0.1, 0.15) is 5.69 Å². The molecule has 3 heteroatoms. The summed E-state index contributed by atoms with van der Waals surface area (Å²) in [5.41, 5.74) is 3.10. The van der Waals surface area contributed by atoms with Crippen LogP contribution in [0.2, 0.25) is 0 Å². The average molecular weight is 196 g/mol. The third kappa shape index (κ3) is 1.32. The van der Waals surface area contributed by atoms with Crippen molar-refractivity contribution in [1.29, 1.82) is 0 Å². The van der Waals surface area contributed by atoms with Crippen molar-refractivity contribution >= 4 is 10.9 Å². The molecular formula is C12H10N3. The van der Waals surface area contributed by atoms with Crippen molar-refractivity contribution in [3.63, 3.8) is 0 Å². The number of fused-ring (bicyclic) bond motifs is 1. The van der Waals surface area contributed by atoms with E-state index in [1.165, 1.54) is 5.39 Å². The minimum atomic E-state index is 0.883. The monoisotopic (exact) mass is 196 g/mol. The van der Waals surface area contributed by atoms with E-state index < -0.39 is 0 Å². The number of aromatic amines is 1. The third-order valence-corrected chi connectivity index (χ3v) is 2.47. The summed E-state index contributed by atoms with van der Waals surface area (Å²) < 4.78 is 1.76. The molecule has 0 aliphatic rings. The van der Waals surface area contributed by atoms with Crippen LogP contribution in [0, 0.1) is 6.07 Å². The van der Waals surface area contributed by atoms with E-state index in [2.05, 4.69) is 40.4 Å². The van der Waals surface area contributed by atoms with Crippen LogP contribution < -0.4 is 0 Å². The topological polar surface area (TPSA) is 33.6 Å². The number of hydrogen-bond acceptors (Lipinski definition) is 1. The highest BCUT2D eigenvalue weighted by atomic mass is 15.2. The molecule has 73 valence electrons. The smallest absolute Gasteiger partial charge is 0.100 e. The van der Waals surface area contributed by atoms with E-state index in [0.717, 1.165) is 16.8 Å². The van der Waals surface area contributed by atoms with Gasteiger partial charge in [-0.25, -0.2) is 0 Å². The van der Waals surface area contributed by atoms with Crippen molar-refractivity contribution in [2.45, 2.75) is 0 Å².